The van der Waals surface area contributed by atoms with Crippen LogP contribution in [0.2, 0.25) is 0 Å². The van der Waals surface area contributed by atoms with Gasteiger partial charge in [-0.2, -0.15) is 0 Å². The van der Waals surface area contributed by atoms with Crippen molar-refractivity contribution in [3.8, 4) is 11.8 Å². The van der Waals surface area contributed by atoms with E-state index in [-0.39, 0.29) is 0 Å². The van der Waals surface area contributed by atoms with Crippen molar-refractivity contribution >= 4 is 0 Å². The van der Waals surface area contributed by atoms with E-state index < -0.39 is 0 Å². The molecule has 0 aliphatic rings. The first kappa shape index (κ1) is 11.9. The second kappa shape index (κ2) is 7.12. The fraction of sp³-hybridized carbons (Fsp3) is 0.400. The van der Waals surface area contributed by atoms with Crippen molar-refractivity contribution in [2.75, 3.05) is 0 Å². The molecule has 0 saturated carbocycles. The van der Waals surface area contributed by atoms with Crippen LogP contribution in [0.5, 0.6) is 0 Å². The van der Waals surface area contributed by atoms with Crippen LogP contribution in [0, 0.1) is 18.8 Å². The zero-order valence-electron chi connectivity index (χ0n) is 9.55. The number of hydrogen-bond acceptors (Lipinski definition) is 0. The Labute approximate surface area is 93.7 Å². The molecular formula is C15H19. The number of aryl methyl sites for hydroxylation is 1. The molecule has 0 bridgehead atoms. The summed E-state index contributed by atoms with van der Waals surface area (Å²) in [5.74, 6) is 6.32. The molecule has 15 heavy (non-hydrogen) atoms. The zero-order valence-corrected chi connectivity index (χ0v) is 9.55. The van der Waals surface area contributed by atoms with Crippen LogP contribution in [0.4, 0.5) is 0 Å². The van der Waals surface area contributed by atoms with Gasteiger partial charge in [0, 0.05) is 12.8 Å². The lowest BCUT2D eigenvalue weighted by atomic mass is 10.00. The predicted molar refractivity (Wildman–Crippen MR) is 66.5 cm³/mol. The highest BCUT2D eigenvalue weighted by Crippen LogP contribution is 2.12. The van der Waals surface area contributed by atoms with Crippen molar-refractivity contribution in [2.24, 2.45) is 0 Å². The van der Waals surface area contributed by atoms with Gasteiger partial charge in [-0.05, 0) is 24.0 Å². The van der Waals surface area contributed by atoms with E-state index in [1.165, 1.54) is 11.1 Å². The van der Waals surface area contributed by atoms with Gasteiger partial charge in [-0.25, -0.2) is 0 Å². The third-order valence-electron chi connectivity index (χ3n) is 2.40. The Morgan fingerprint density at radius 3 is 2.53 bits per heavy atom. The van der Waals surface area contributed by atoms with Gasteiger partial charge in [0.25, 0.3) is 0 Å². The molecule has 0 unspecified atom stereocenters. The first-order chi connectivity index (χ1) is 7.38. The van der Waals surface area contributed by atoms with Gasteiger partial charge >= 0.3 is 0 Å². The van der Waals surface area contributed by atoms with E-state index in [1.54, 1.807) is 0 Å². The number of benzene rings is 1. The molecule has 0 aliphatic heterocycles. The average Bonchev–Trinajstić information content (AvgIpc) is 2.28. The van der Waals surface area contributed by atoms with Crippen molar-refractivity contribution < 1.29 is 0 Å². The predicted octanol–water partition coefficient (Wildman–Crippen LogP) is 3.80. The van der Waals surface area contributed by atoms with E-state index in [0.29, 0.717) is 0 Å². The molecule has 0 heterocycles. The molecule has 79 valence electrons. The van der Waals surface area contributed by atoms with Gasteiger partial charge in [0.1, 0.15) is 0 Å². The lowest BCUT2D eigenvalue weighted by Gasteiger charge is -2.05. The van der Waals surface area contributed by atoms with E-state index in [0.717, 1.165) is 32.1 Å². The van der Waals surface area contributed by atoms with E-state index in [9.17, 15) is 0 Å². The Kier molecular flexibility index (Phi) is 5.63. The summed E-state index contributed by atoms with van der Waals surface area (Å²) in [6, 6.07) is 8.59. The topological polar surface area (TPSA) is 0 Å². The average molecular weight is 199 g/mol. The summed E-state index contributed by atoms with van der Waals surface area (Å²) in [6.07, 6.45) is 5.14. The second-order valence-corrected chi connectivity index (χ2v) is 3.61. The first-order valence-electron chi connectivity index (χ1n) is 5.70. The van der Waals surface area contributed by atoms with Crippen LogP contribution in [0.3, 0.4) is 0 Å². The SMILES string of the molecule is [CH2]CCCc1ccccc1CC#CCC. The Balaban J connectivity index is 2.67. The van der Waals surface area contributed by atoms with Gasteiger partial charge in [-0.1, -0.05) is 50.5 Å². The lowest BCUT2D eigenvalue weighted by Crippen LogP contribution is -1.92. The number of hydrogen-bond donors (Lipinski definition) is 0. The maximum Gasteiger partial charge on any atom is 0.0343 e. The lowest BCUT2D eigenvalue weighted by molar-refractivity contribution is 0.833. The quantitative estimate of drug-likeness (QED) is 0.647. The molecule has 0 N–H and O–H groups in total. The third-order valence-corrected chi connectivity index (χ3v) is 2.40. The molecule has 0 spiro atoms. The molecule has 1 aromatic rings. The normalized spacial score (nSPS) is 9.47. The molecule has 0 saturated heterocycles. The van der Waals surface area contributed by atoms with Crippen molar-refractivity contribution in [1.29, 1.82) is 0 Å². The molecule has 0 fully saturated rings. The van der Waals surface area contributed by atoms with Crippen LogP contribution in [0.25, 0.3) is 0 Å². The molecule has 0 nitrogen and oxygen atoms in total. The summed E-state index contributed by atoms with van der Waals surface area (Å²) in [4.78, 5) is 0. The molecule has 0 atom stereocenters. The minimum absolute atomic E-state index is 0.890. The second-order valence-electron chi connectivity index (χ2n) is 3.61. The molecule has 1 aromatic carbocycles. The van der Waals surface area contributed by atoms with Gasteiger partial charge in [0.05, 0.1) is 0 Å². The molecule has 0 aliphatic carbocycles. The van der Waals surface area contributed by atoms with Crippen molar-refractivity contribution in [2.45, 2.75) is 39.0 Å². The van der Waals surface area contributed by atoms with Crippen LogP contribution < -0.4 is 0 Å². The van der Waals surface area contributed by atoms with Gasteiger partial charge in [0.2, 0.25) is 0 Å². The van der Waals surface area contributed by atoms with Gasteiger partial charge in [-0.15, -0.1) is 5.92 Å². The van der Waals surface area contributed by atoms with E-state index >= 15 is 0 Å². The van der Waals surface area contributed by atoms with E-state index in [1.807, 2.05) is 0 Å². The minimum Gasteiger partial charge on any atom is -0.103 e. The maximum atomic E-state index is 3.88. The number of unbranched alkanes of at least 4 members (excludes halogenated alkanes) is 1. The fourth-order valence-electron chi connectivity index (χ4n) is 1.57. The standard InChI is InChI=1S/C15H19/c1-3-5-7-11-15-13-9-8-12-14(15)10-6-4-2/h8-9,12-13H,2-4,6,10-11H2,1H3. The van der Waals surface area contributed by atoms with Crippen molar-refractivity contribution in [1.82, 2.24) is 0 Å². The van der Waals surface area contributed by atoms with Crippen LogP contribution in [-0.4, -0.2) is 0 Å². The van der Waals surface area contributed by atoms with Gasteiger partial charge < -0.3 is 0 Å². The largest absolute Gasteiger partial charge is 0.103 e. The monoisotopic (exact) mass is 199 g/mol. The minimum atomic E-state index is 0.890. The third kappa shape index (κ3) is 4.21. The highest BCUT2D eigenvalue weighted by Gasteiger charge is 1.98. The van der Waals surface area contributed by atoms with Crippen LogP contribution in [-0.2, 0) is 12.8 Å². The van der Waals surface area contributed by atoms with Crippen LogP contribution in [0.1, 0.15) is 37.3 Å². The van der Waals surface area contributed by atoms with Gasteiger partial charge in [0.15, 0.2) is 0 Å². The maximum absolute atomic E-state index is 3.88. The summed E-state index contributed by atoms with van der Waals surface area (Å²) < 4.78 is 0. The van der Waals surface area contributed by atoms with Crippen molar-refractivity contribution in [3.63, 3.8) is 0 Å². The molecule has 0 amide bonds. The van der Waals surface area contributed by atoms with Gasteiger partial charge in [-0.3, -0.25) is 0 Å². The number of rotatable bonds is 4. The molecule has 0 aromatic heterocycles. The summed E-state index contributed by atoms with van der Waals surface area (Å²) in [5.41, 5.74) is 2.82. The highest BCUT2D eigenvalue weighted by molar-refractivity contribution is 5.30. The molecule has 1 rings (SSSR count). The molecular weight excluding hydrogens is 180 g/mol. The smallest absolute Gasteiger partial charge is 0.0343 e. The van der Waals surface area contributed by atoms with Crippen LogP contribution in [0.15, 0.2) is 24.3 Å². The molecule has 1 radical (unpaired) electrons. The summed E-state index contributed by atoms with van der Waals surface area (Å²) in [5, 5.41) is 0. The van der Waals surface area contributed by atoms with E-state index in [4.69, 9.17) is 0 Å². The fourth-order valence-corrected chi connectivity index (χ4v) is 1.57. The summed E-state index contributed by atoms with van der Waals surface area (Å²) in [6.45, 7) is 5.96. The Morgan fingerprint density at radius 2 is 1.87 bits per heavy atom. The van der Waals surface area contributed by atoms with Crippen molar-refractivity contribution in [3.05, 3.63) is 42.3 Å². The Morgan fingerprint density at radius 1 is 1.13 bits per heavy atom. The summed E-state index contributed by atoms with van der Waals surface area (Å²) in [7, 11) is 0. The zero-order chi connectivity index (χ0) is 10.9. The van der Waals surface area contributed by atoms with Crippen LogP contribution >= 0.6 is 0 Å². The van der Waals surface area contributed by atoms with E-state index in [2.05, 4.69) is 50.0 Å². The summed E-state index contributed by atoms with van der Waals surface area (Å²) >= 11 is 0. The Bertz CT molecular complexity index is 339. The first-order valence-corrected chi connectivity index (χ1v) is 5.70. The molecule has 0 heteroatoms. The Hall–Kier alpha value is -1.22. The highest BCUT2D eigenvalue weighted by atomic mass is 14.0.